The number of nitrogens with zero attached hydrogens (tertiary/aromatic N) is 2. The summed E-state index contributed by atoms with van der Waals surface area (Å²) in [6, 6.07) is 5.74. The van der Waals surface area contributed by atoms with E-state index < -0.39 is 0 Å². The van der Waals surface area contributed by atoms with E-state index in [1.807, 2.05) is 30.7 Å². The highest BCUT2D eigenvalue weighted by Crippen LogP contribution is 2.27. The summed E-state index contributed by atoms with van der Waals surface area (Å²) in [6.45, 7) is 3.45. The van der Waals surface area contributed by atoms with Gasteiger partial charge in [-0.2, -0.15) is 0 Å². The number of aromatic nitrogens is 2. The molecule has 1 unspecified atom stereocenters. The zero-order chi connectivity index (χ0) is 13.8. The zero-order valence-electron chi connectivity index (χ0n) is 10.6. The maximum Gasteiger partial charge on any atom is 0.0948 e. The van der Waals surface area contributed by atoms with Gasteiger partial charge in [0.05, 0.1) is 29.3 Å². The van der Waals surface area contributed by atoms with E-state index >= 15 is 0 Å². The average Bonchev–Trinajstić information content (AvgIpc) is 2.88. The number of nitrogens with two attached hydrogens (primary N) is 1. The summed E-state index contributed by atoms with van der Waals surface area (Å²) in [5, 5.41) is 4.09. The number of rotatable bonds is 5. The average molecular weight is 344 g/mol. The lowest BCUT2D eigenvalue weighted by molar-refractivity contribution is 0.654. The Morgan fingerprint density at radius 2 is 2.32 bits per heavy atom. The van der Waals surface area contributed by atoms with Crippen molar-refractivity contribution in [2.24, 2.45) is 5.73 Å². The summed E-state index contributed by atoms with van der Waals surface area (Å²) >= 11 is 9.40. The van der Waals surface area contributed by atoms with Crippen LogP contribution in [-0.2, 0) is 6.54 Å². The van der Waals surface area contributed by atoms with Crippen molar-refractivity contribution in [2.45, 2.75) is 19.5 Å². The summed E-state index contributed by atoms with van der Waals surface area (Å²) in [7, 11) is 0. The fraction of sp³-hybridized carbons (Fsp3) is 0.308. The Hall–Kier alpha value is -1.04. The van der Waals surface area contributed by atoms with Gasteiger partial charge in [-0.3, -0.25) is 0 Å². The van der Waals surface area contributed by atoms with Gasteiger partial charge in [-0.15, -0.1) is 0 Å². The molecule has 0 aliphatic rings. The molecule has 2 rings (SSSR count). The summed E-state index contributed by atoms with van der Waals surface area (Å²) in [5.41, 5.74) is 7.91. The van der Waals surface area contributed by atoms with Gasteiger partial charge in [-0.25, -0.2) is 4.98 Å². The maximum atomic E-state index is 5.98. The van der Waals surface area contributed by atoms with Crippen LogP contribution in [0, 0.1) is 0 Å². The Labute approximate surface area is 126 Å². The van der Waals surface area contributed by atoms with Crippen LogP contribution >= 0.6 is 27.5 Å². The quantitative estimate of drug-likeness (QED) is 0.874. The van der Waals surface area contributed by atoms with Crippen molar-refractivity contribution in [1.29, 1.82) is 0 Å². The second-order valence-corrected chi connectivity index (χ2v) is 5.43. The first-order valence-corrected chi connectivity index (χ1v) is 7.24. The number of hydrogen-bond acceptors (Lipinski definition) is 3. The van der Waals surface area contributed by atoms with Gasteiger partial charge in [0.15, 0.2) is 0 Å². The largest absolute Gasteiger partial charge is 0.375 e. The van der Waals surface area contributed by atoms with E-state index in [1.165, 1.54) is 0 Å². The van der Waals surface area contributed by atoms with Gasteiger partial charge < -0.3 is 15.6 Å². The number of hydrogen-bond donors (Lipinski definition) is 2. The fourth-order valence-corrected chi connectivity index (χ4v) is 2.42. The van der Waals surface area contributed by atoms with Crippen molar-refractivity contribution in [3.8, 4) is 0 Å². The maximum absolute atomic E-state index is 5.98. The molecule has 3 N–H and O–H groups in total. The molecule has 1 atom stereocenters. The van der Waals surface area contributed by atoms with E-state index in [2.05, 4.69) is 37.7 Å². The van der Waals surface area contributed by atoms with E-state index in [9.17, 15) is 0 Å². The lowest BCUT2D eigenvalue weighted by Gasteiger charge is -2.19. The monoisotopic (exact) mass is 342 g/mol. The van der Waals surface area contributed by atoms with E-state index in [4.69, 9.17) is 17.3 Å². The SMILES string of the molecule is CCn1cncc1C(CN)Nc1ccc(Cl)c(Br)c1. The number of halogens is 2. The molecule has 102 valence electrons. The molecule has 0 radical (unpaired) electrons. The number of benzene rings is 1. The van der Waals surface area contributed by atoms with Crippen LogP contribution in [0.4, 0.5) is 5.69 Å². The van der Waals surface area contributed by atoms with Crippen molar-refractivity contribution in [2.75, 3.05) is 11.9 Å². The molecule has 0 fully saturated rings. The fourth-order valence-electron chi connectivity index (χ4n) is 1.93. The van der Waals surface area contributed by atoms with Crippen LogP contribution in [0.15, 0.2) is 35.2 Å². The topological polar surface area (TPSA) is 55.9 Å². The number of imidazole rings is 1. The van der Waals surface area contributed by atoms with Crippen molar-refractivity contribution in [1.82, 2.24) is 9.55 Å². The molecule has 1 aromatic heterocycles. The summed E-state index contributed by atoms with van der Waals surface area (Å²) in [4.78, 5) is 4.17. The van der Waals surface area contributed by atoms with Crippen molar-refractivity contribution in [3.63, 3.8) is 0 Å². The van der Waals surface area contributed by atoms with Crippen LogP contribution in [0.2, 0.25) is 5.02 Å². The molecule has 0 aliphatic heterocycles. The molecule has 0 saturated heterocycles. The van der Waals surface area contributed by atoms with Gasteiger partial charge in [0.25, 0.3) is 0 Å². The molecule has 0 aliphatic carbocycles. The van der Waals surface area contributed by atoms with E-state index in [1.54, 1.807) is 0 Å². The predicted molar refractivity (Wildman–Crippen MR) is 82.5 cm³/mol. The Bertz CT molecular complexity index is 555. The minimum absolute atomic E-state index is 0.0236. The molecule has 2 aromatic rings. The zero-order valence-corrected chi connectivity index (χ0v) is 12.9. The van der Waals surface area contributed by atoms with E-state index in [0.717, 1.165) is 22.4 Å². The van der Waals surface area contributed by atoms with Crippen LogP contribution in [-0.4, -0.2) is 16.1 Å². The summed E-state index contributed by atoms with van der Waals surface area (Å²) in [6.07, 6.45) is 3.66. The lowest BCUT2D eigenvalue weighted by atomic mass is 10.2. The van der Waals surface area contributed by atoms with Crippen LogP contribution in [0.5, 0.6) is 0 Å². The second-order valence-electron chi connectivity index (χ2n) is 4.17. The van der Waals surface area contributed by atoms with Crippen LogP contribution in [0.3, 0.4) is 0 Å². The molecular formula is C13H16BrClN4. The Kier molecular flexibility index (Phi) is 4.85. The van der Waals surface area contributed by atoms with Crippen LogP contribution in [0.1, 0.15) is 18.7 Å². The highest BCUT2D eigenvalue weighted by molar-refractivity contribution is 9.10. The summed E-state index contributed by atoms with van der Waals surface area (Å²) < 4.78 is 2.94. The highest BCUT2D eigenvalue weighted by Gasteiger charge is 2.14. The van der Waals surface area contributed by atoms with Gasteiger partial charge in [-0.1, -0.05) is 11.6 Å². The van der Waals surface area contributed by atoms with E-state index in [0.29, 0.717) is 11.6 Å². The molecule has 1 heterocycles. The predicted octanol–water partition coefficient (Wildman–Crippen LogP) is 3.43. The first-order valence-electron chi connectivity index (χ1n) is 6.07. The highest BCUT2D eigenvalue weighted by atomic mass is 79.9. The Morgan fingerprint density at radius 1 is 1.53 bits per heavy atom. The third-order valence-corrected chi connectivity index (χ3v) is 4.15. The van der Waals surface area contributed by atoms with Gasteiger partial charge in [0.1, 0.15) is 0 Å². The van der Waals surface area contributed by atoms with E-state index in [-0.39, 0.29) is 6.04 Å². The third kappa shape index (κ3) is 3.29. The Morgan fingerprint density at radius 3 is 2.95 bits per heavy atom. The minimum atomic E-state index is 0.0236. The molecule has 0 amide bonds. The first-order chi connectivity index (χ1) is 9.15. The van der Waals surface area contributed by atoms with Gasteiger partial charge in [-0.05, 0) is 41.1 Å². The van der Waals surface area contributed by atoms with Crippen LogP contribution < -0.4 is 11.1 Å². The standard InChI is InChI=1S/C13H16BrClN4/c1-2-19-8-17-7-13(19)12(6-16)18-9-3-4-11(15)10(14)5-9/h3-5,7-8,12,18H,2,6,16H2,1H3. The molecule has 0 saturated carbocycles. The minimum Gasteiger partial charge on any atom is -0.375 e. The molecule has 4 nitrogen and oxygen atoms in total. The molecule has 0 spiro atoms. The van der Waals surface area contributed by atoms with Gasteiger partial charge in [0, 0.05) is 23.2 Å². The molecule has 1 aromatic carbocycles. The molecule has 19 heavy (non-hydrogen) atoms. The second kappa shape index (κ2) is 6.41. The van der Waals surface area contributed by atoms with Crippen molar-refractivity contribution < 1.29 is 0 Å². The normalized spacial score (nSPS) is 12.4. The summed E-state index contributed by atoms with van der Waals surface area (Å²) in [5.74, 6) is 0. The number of aryl methyl sites for hydroxylation is 1. The molecule has 0 bridgehead atoms. The first kappa shape index (κ1) is 14.4. The Balaban J connectivity index is 2.21. The lowest BCUT2D eigenvalue weighted by Crippen LogP contribution is -2.23. The van der Waals surface area contributed by atoms with Gasteiger partial charge >= 0.3 is 0 Å². The number of anilines is 1. The molecular weight excluding hydrogens is 328 g/mol. The van der Waals surface area contributed by atoms with Gasteiger partial charge in [0.2, 0.25) is 0 Å². The third-order valence-electron chi connectivity index (χ3n) is 2.94. The van der Waals surface area contributed by atoms with Crippen LogP contribution in [0.25, 0.3) is 0 Å². The number of nitrogens with one attached hydrogen (secondary N) is 1. The van der Waals surface area contributed by atoms with Crippen molar-refractivity contribution in [3.05, 3.63) is 45.9 Å². The smallest absolute Gasteiger partial charge is 0.0948 e. The molecule has 6 heteroatoms. The van der Waals surface area contributed by atoms with Crippen molar-refractivity contribution >= 4 is 33.2 Å².